The lowest BCUT2D eigenvalue weighted by molar-refractivity contribution is 0.0853. The van der Waals surface area contributed by atoms with E-state index in [1.54, 1.807) is 23.3 Å². The van der Waals surface area contributed by atoms with Crippen LogP contribution in [0.15, 0.2) is 47.4 Å². The summed E-state index contributed by atoms with van der Waals surface area (Å²) in [6.45, 7) is 1.07. The van der Waals surface area contributed by atoms with Gasteiger partial charge in [0.15, 0.2) is 0 Å². The van der Waals surface area contributed by atoms with Gasteiger partial charge in [0.1, 0.15) is 23.1 Å². The van der Waals surface area contributed by atoms with Gasteiger partial charge in [-0.1, -0.05) is 16.2 Å². The summed E-state index contributed by atoms with van der Waals surface area (Å²) in [5.74, 6) is -5.14. The van der Waals surface area contributed by atoms with Crippen molar-refractivity contribution in [1.29, 1.82) is 0 Å². The zero-order valence-corrected chi connectivity index (χ0v) is 23.4. The van der Waals surface area contributed by atoms with Gasteiger partial charge in [-0.2, -0.15) is 9.78 Å². The molecule has 0 spiro atoms. The van der Waals surface area contributed by atoms with E-state index in [1.807, 2.05) is 10.4 Å². The Hall–Kier alpha value is -3.65. The third-order valence-corrected chi connectivity index (χ3v) is 9.91. The van der Waals surface area contributed by atoms with Crippen molar-refractivity contribution in [2.24, 2.45) is 5.92 Å². The molecule has 1 aliphatic heterocycles. The maximum absolute atomic E-state index is 13.8. The molecule has 0 amide bonds. The molecular weight excluding hydrogens is 566 g/mol. The Bertz CT molecular complexity index is 1540. The van der Waals surface area contributed by atoms with Crippen molar-refractivity contribution in [3.63, 3.8) is 0 Å². The number of aromatic nitrogens is 2. The van der Waals surface area contributed by atoms with Crippen molar-refractivity contribution in [3.05, 3.63) is 70.1 Å². The van der Waals surface area contributed by atoms with Crippen molar-refractivity contribution in [1.82, 2.24) is 14.1 Å². The molecule has 2 N–H and O–H groups in total. The normalized spacial score (nSPS) is 19.2. The van der Waals surface area contributed by atoms with Gasteiger partial charge in [0.25, 0.3) is 5.92 Å². The molecule has 2 aromatic carbocycles. The first-order valence-electron chi connectivity index (χ1n) is 13.0. The number of methoxy groups -OCH3 is 1. The smallest absolute Gasteiger partial charge is 0.316 e. The Morgan fingerprint density at radius 2 is 1.76 bits per heavy atom. The van der Waals surface area contributed by atoms with Crippen LogP contribution in [0.5, 0.6) is 11.5 Å². The molecule has 2 fully saturated rings. The molecule has 1 saturated heterocycles. The van der Waals surface area contributed by atoms with Crippen molar-refractivity contribution in [2.75, 3.05) is 56.8 Å². The summed E-state index contributed by atoms with van der Waals surface area (Å²) in [5.41, 5.74) is 6.45. The number of anilines is 2. The average molecular weight is 598 g/mol. The first kappa shape index (κ1) is 28.9. The number of hydrogen-bond donors (Lipinski definition) is 2. The van der Waals surface area contributed by atoms with Crippen LogP contribution in [0.1, 0.15) is 12.0 Å². The summed E-state index contributed by atoms with van der Waals surface area (Å²) in [6, 6.07) is 7.81. The zero-order valence-electron chi connectivity index (χ0n) is 22.5. The molecule has 0 radical (unpaired) electrons. The van der Waals surface area contributed by atoms with Crippen molar-refractivity contribution in [2.45, 2.75) is 18.1 Å². The van der Waals surface area contributed by atoms with Gasteiger partial charge in [-0.15, -0.1) is 0 Å². The fourth-order valence-electron chi connectivity index (χ4n) is 4.92. The molecule has 1 atom stereocenters. The average Bonchev–Trinajstić information content (AvgIpc) is 3.54. The van der Waals surface area contributed by atoms with E-state index in [0.717, 1.165) is 22.4 Å². The summed E-state index contributed by atoms with van der Waals surface area (Å²) in [7, 11) is -1.31. The van der Waals surface area contributed by atoms with Gasteiger partial charge in [0.05, 0.1) is 37.2 Å². The monoisotopic (exact) mass is 597 g/mol. The first-order valence-corrected chi connectivity index (χ1v) is 15.3. The number of halogens is 4. The van der Waals surface area contributed by atoms with Gasteiger partial charge in [0, 0.05) is 50.7 Å². The minimum atomic E-state index is -2.86. The molecule has 2 aliphatic rings. The summed E-state index contributed by atoms with van der Waals surface area (Å²) in [5, 5.41) is 4.10. The van der Waals surface area contributed by atoms with Crippen LogP contribution in [0.25, 0.3) is 5.69 Å². The van der Waals surface area contributed by atoms with E-state index in [9.17, 15) is 26.6 Å². The highest BCUT2D eigenvalue weighted by Crippen LogP contribution is 2.48. The van der Waals surface area contributed by atoms with Crippen LogP contribution in [0, 0.1) is 17.6 Å². The number of benzene rings is 2. The molecule has 1 unspecified atom stereocenters. The summed E-state index contributed by atoms with van der Waals surface area (Å²) in [4.78, 5) is 15.2. The van der Waals surface area contributed by atoms with Gasteiger partial charge in [0.2, 0.25) is 5.75 Å². The molecule has 41 heavy (non-hydrogen) atoms. The van der Waals surface area contributed by atoms with Gasteiger partial charge in [-0.05, 0) is 29.8 Å². The highest BCUT2D eigenvalue weighted by Gasteiger charge is 2.57. The largest absolute Gasteiger partial charge is 0.495 e. The van der Waals surface area contributed by atoms with Crippen LogP contribution >= 0.6 is 0 Å². The maximum atomic E-state index is 13.8. The number of hydrogen-bond acceptors (Lipinski definition) is 7. The Kier molecular flexibility index (Phi) is 7.72. The minimum Gasteiger partial charge on any atom is -0.495 e. The van der Waals surface area contributed by atoms with E-state index >= 15 is 0 Å². The third kappa shape index (κ3) is 6.17. The lowest BCUT2D eigenvalue weighted by Gasteiger charge is -2.41. The zero-order chi connectivity index (χ0) is 29.5. The molecule has 14 heteroatoms. The molecule has 222 valence electrons. The summed E-state index contributed by atoms with van der Waals surface area (Å²) < 4.78 is 82.0. The predicted molar refractivity (Wildman–Crippen MR) is 149 cm³/mol. The fourth-order valence-corrected chi connectivity index (χ4v) is 7.02. The number of alkyl halides is 2. The number of piperazine rings is 1. The van der Waals surface area contributed by atoms with E-state index in [-0.39, 0.29) is 23.5 Å². The van der Waals surface area contributed by atoms with E-state index in [0.29, 0.717) is 49.4 Å². The topological polar surface area (TPSA) is 103 Å². The molecule has 0 bridgehead atoms. The van der Waals surface area contributed by atoms with Crippen LogP contribution in [0.2, 0.25) is 0 Å². The molecule has 1 saturated carbocycles. The van der Waals surface area contributed by atoms with Gasteiger partial charge < -0.3 is 20.1 Å². The quantitative estimate of drug-likeness (QED) is 0.222. The number of nitrogens with zero attached hydrogens (tertiary/aromatic N) is 4. The van der Waals surface area contributed by atoms with E-state index < -0.39 is 45.8 Å². The van der Waals surface area contributed by atoms with Crippen molar-refractivity contribution in [3.8, 4) is 17.2 Å². The van der Waals surface area contributed by atoms with Crippen LogP contribution in [0.3, 0.4) is 0 Å². The number of thiol groups is 1. The number of nitrogen functional groups attached to an aromatic ring is 1. The van der Waals surface area contributed by atoms with Gasteiger partial charge in [-0.25, -0.2) is 21.9 Å². The molecule has 3 aromatic rings. The Morgan fingerprint density at radius 1 is 1.10 bits per heavy atom. The number of ether oxygens (including phenoxy) is 2. The van der Waals surface area contributed by atoms with Crippen molar-refractivity contribution >= 4 is 21.5 Å². The SMILES string of the molecule is COc1cc(C[SH](C)(=O)N2CCN(c3cnn(-c4cc(F)cc(F)c4)c(=O)c3OCC3CC3(F)F)CC2)ccc1N. The number of nitrogens with two attached hydrogens (primary N) is 1. The van der Waals surface area contributed by atoms with Crippen molar-refractivity contribution < 1.29 is 31.2 Å². The summed E-state index contributed by atoms with van der Waals surface area (Å²) in [6.07, 6.45) is 2.67. The molecule has 1 aliphatic carbocycles. The van der Waals surface area contributed by atoms with Crippen LogP contribution < -0.4 is 25.7 Å². The second kappa shape index (κ2) is 11.0. The third-order valence-electron chi connectivity index (χ3n) is 7.36. The minimum absolute atomic E-state index is 0.170. The Labute approximate surface area is 235 Å². The second-order valence-corrected chi connectivity index (χ2v) is 13.4. The molecule has 1 aromatic heterocycles. The standard InChI is InChI=1S/C27H31F4N5O4S/c1-39-24-9-17(3-4-22(24)32)16-41(2,38)35-7-5-34(6-8-35)23-14-33-36(21-11-19(28)10-20(29)12-21)26(37)25(23)40-15-18-13-27(18,30)31/h3-4,9-12,14,18,41H,5-8,13,15-16,32H2,1-2H3. The molecule has 2 heterocycles. The van der Waals surface area contributed by atoms with Gasteiger partial charge >= 0.3 is 5.56 Å². The highest BCUT2D eigenvalue weighted by molar-refractivity contribution is 7.99. The molecule has 5 rings (SSSR count). The lowest BCUT2D eigenvalue weighted by Crippen LogP contribution is -2.51. The Morgan fingerprint density at radius 3 is 2.37 bits per heavy atom. The Balaban J connectivity index is 1.36. The first-order chi connectivity index (χ1) is 19.4. The van der Waals surface area contributed by atoms with Crippen LogP contribution in [-0.2, 0) is 15.9 Å². The fraction of sp³-hybridized carbons (Fsp3) is 0.407. The van der Waals surface area contributed by atoms with Crippen LogP contribution in [-0.4, -0.2) is 70.4 Å². The second-order valence-electron chi connectivity index (χ2n) is 10.4. The number of rotatable bonds is 9. The summed E-state index contributed by atoms with van der Waals surface area (Å²) >= 11 is 0. The van der Waals surface area contributed by atoms with Crippen LogP contribution in [0.4, 0.5) is 28.9 Å². The van der Waals surface area contributed by atoms with E-state index in [4.69, 9.17) is 15.2 Å². The highest BCUT2D eigenvalue weighted by atomic mass is 32.3. The molecular formula is C27H31F4N5O4S. The predicted octanol–water partition coefficient (Wildman–Crippen LogP) is 3.02. The maximum Gasteiger partial charge on any atom is 0.316 e. The molecule has 9 nitrogen and oxygen atoms in total. The van der Waals surface area contributed by atoms with E-state index in [1.165, 1.54) is 13.3 Å². The van der Waals surface area contributed by atoms with E-state index in [2.05, 4.69) is 5.10 Å². The van der Waals surface area contributed by atoms with Gasteiger partial charge in [-0.3, -0.25) is 9.00 Å². The lowest BCUT2D eigenvalue weighted by atomic mass is 10.2.